The number of rotatable bonds is 12. The standard InChI is InChI=1S/C42H46O23/c1-15-28(49)34(55)39(65-41-36(57)33(54)30(51)25(63-41)14-58-26(48)9-4-16-2-6-18(44)7-3-16)42(59-15)64-38-31(52)27-22(47)11-19(60-40-35(56)32(53)29(50)24(13-43)62-40)12-23(27)61-37(38)17-5-8-20(45)21(46)10-17/h2-12,15,24-25,28-30,32-36,39-47,49-51,53-57H,13-14H2,1H3/t15-,24-,25-,28-,29+,30-,32-,33+,34+,35-,36+,39+,40+,41+,42-/m0/s1. The summed E-state index contributed by atoms with van der Waals surface area (Å²) in [4.78, 5) is 26.9. The van der Waals surface area contributed by atoms with Crippen molar-refractivity contribution in [2.24, 2.45) is 0 Å². The molecule has 0 saturated carbocycles. The third-order valence-electron chi connectivity index (χ3n) is 10.9. The average molecular weight is 919 g/mol. The number of phenols is 4. The van der Waals surface area contributed by atoms with Gasteiger partial charge in [-0.3, -0.25) is 4.79 Å². The monoisotopic (exact) mass is 918 g/mol. The van der Waals surface area contributed by atoms with E-state index in [1.54, 1.807) is 0 Å². The quantitative estimate of drug-likeness (QED) is 0.0406. The van der Waals surface area contributed by atoms with Crippen molar-refractivity contribution in [1.82, 2.24) is 0 Å². The van der Waals surface area contributed by atoms with Crippen LogP contribution in [0.3, 0.4) is 0 Å². The SMILES string of the molecule is C[C@@H]1O[C@@H](Oc2c(-c3ccc(O)c(O)c3)oc3cc(O[C@@H]4O[C@@H](CO)[C@@H](O)[C@H](O)[C@@H]4O)cc(O)c3c2=O)[C@H](O[C@H]2O[C@@H](COC(=O)C=Cc3ccc(O)cc3)[C@H](O)[C@@H](O)[C@H]2O)[C@H](O)[C@H]1O. The van der Waals surface area contributed by atoms with Crippen LogP contribution in [0.5, 0.6) is 34.5 Å². The molecule has 15 atom stereocenters. The number of aromatic hydroxyl groups is 4. The number of hydrogen-bond acceptors (Lipinski definition) is 23. The van der Waals surface area contributed by atoms with E-state index >= 15 is 0 Å². The summed E-state index contributed by atoms with van der Waals surface area (Å²) in [5.41, 5.74) is -1.19. The molecule has 0 aliphatic carbocycles. The minimum atomic E-state index is -2.06. The molecule has 0 radical (unpaired) electrons. The maximum atomic E-state index is 14.4. The van der Waals surface area contributed by atoms with Crippen LogP contribution in [0.25, 0.3) is 28.4 Å². The number of aliphatic hydroxyl groups excluding tert-OH is 9. The number of benzene rings is 3. The lowest BCUT2D eigenvalue weighted by molar-refractivity contribution is -0.355. The molecule has 23 heteroatoms. The molecule has 4 aromatic rings. The Labute approximate surface area is 365 Å². The molecule has 7 rings (SSSR count). The summed E-state index contributed by atoms with van der Waals surface area (Å²) in [5.74, 6) is -4.66. The molecule has 3 aromatic carbocycles. The van der Waals surface area contributed by atoms with Gasteiger partial charge in [0.25, 0.3) is 0 Å². The Morgan fingerprint density at radius 3 is 2.02 bits per heavy atom. The Morgan fingerprint density at radius 1 is 0.677 bits per heavy atom. The second-order valence-electron chi connectivity index (χ2n) is 15.4. The summed E-state index contributed by atoms with van der Waals surface area (Å²) in [5, 5.41) is 136. The minimum Gasteiger partial charge on any atom is -0.508 e. The zero-order valence-electron chi connectivity index (χ0n) is 33.8. The first-order chi connectivity index (χ1) is 30.9. The van der Waals surface area contributed by atoms with E-state index in [1.807, 2.05) is 0 Å². The van der Waals surface area contributed by atoms with E-state index < -0.39 is 156 Å². The van der Waals surface area contributed by atoms with E-state index in [-0.39, 0.29) is 17.1 Å². The molecule has 4 heterocycles. The van der Waals surface area contributed by atoms with Crippen LogP contribution >= 0.6 is 0 Å². The highest BCUT2D eigenvalue weighted by Gasteiger charge is 2.51. The van der Waals surface area contributed by atoms with Gasteiger partial charge in [-0.1, -0.05) is 12.1 Å². The van der Waals surface area contributed by atoms with Crippen molar-refractivity contribution in [3.63, 3.8) is 0 Å². The Morgan fingerprint density at radius 2 is 1.34 bits per heavy atom. The number of fused-ring (bicyclic) bond motifs is 1. The zero-order chi connectivity index (χ0) is 47.0. The van der Waals surface area contributed by atoms with Gasteiger partial charge in [0.15, 0.2) is 29.7 Å². The van der Waals surface area contributed by atoms with Crippen LogP contribution in [0.15, 0.2) is 69.9 Å². The van der Waals surface area contributed by atoms with Gasteiger partial charge in [0.1, 0.15) is 95.9 Å². The maximum Gasteiger partial charge on any atom is 0.330 e. The van der Waals surface area contributed by atoms with Crippen LogP contribution in [0.2, 0.25) is 0 Å². The number of carbonyl (C=O) groups is 1. The molecular formula is C42H46O23. The molecule has 23 nitrogen and oxygen atoms in total. The molecule has 0 bridgehead atoms. The fourth-order valence-corrected chi connectivity index (χ4v) is 7.23. The van der Waals surface area contributed by atoms with Crippen molar-refractivity contribution in [3.8, 4) is 45.8 Å². The van der Waals surface area contributed by atoms with Gasteiger partial charge in [0.2, 0.25) is 23.8 Å². The van der Waals surface area contributed by atoms with Gasteiger partial charge >= 0.3 is 5.97 Å². The predicted octanol–water partition coefficient (Wildman–Crippen LogP) is -2.24. The number of phenolic OH excluding ortho intramolecular Hbond substituents is 4. The van der Waals surface area contributed by atoms with Crippen LogP contribution in [-0.4, -0.2) is 178 Å². The first-order valence-corrected chi connectivity index (χ1v) is 19.9. The molecule has 13 N–H and O–H groups in total. The summed E-state index contributed by atoms with van der Waals surface area (Å²) in [6, 6.07) is 10.9. The second-order valence-corrected chi connectivity index (χ2v) is 15.4. The van der Waals surface area contributed by atoms with E-state index in [2.05, 4.69) is 0 Å². The molecule has 3 fully saturated rings. The highest BCUT2D eigenvalue weighted by Crippen LogP contribution is 2.41. The van der Waals surface area contributed by atoms with E-state index in [9.17, 15) is 76.0 Å². The van der Waals surface area contributed by atoms with Gasteiger partial charge in [-0.15, -0.1) is 0 Å². The molecule has 0 unspecified atom stereocenters. The summed E-state index contributed by atoms with van der Waals surface area (Å²) >= 11 is 0. The summed E-state index contributed by atoms with van der Waals surface area (Å²) in [6.45, 7) is -0.163. The molecule has 1 aromatic heterocycles. The zero-order valence-corrected chi connectivity index (χ0v) is 33.8. The van der Waals surface area contributed by atoms with Gasteiger partial charge in [0.05, 0.1) is 12.7 Å². The van der Waals surface area contributed by atoms with Crippen molar-refractivity contribution in [2.75, 3.05) is 13.2 Å². The number of hydrogen-bond donors (Lipinski definition) is 13. The van der Waals surface area contributed by atoms with Crippen molar-refractivity contribution in [1.29, 1.82) is 0 Å². The van der Waals surface area contributed by atoms with Crippen molar-refractivity contribution in [3.05, 3.63) is 76.5 Å². The predicted molar refractivity (Wildman–Crippen MR) is 214 cm³/mol. The Hall–Kier alpha value is -5.64. The molecule has 3 aliphatic rings. The van der Waals surface area contributed by atoms with E-state index in [1.165, 1.54) is 43.3 Å². The van der Waals surface area contributed by atoms with Crippen molar-refractivity contribution < 1.29 is 109 Å². The molecule has 0 amide bonds. The molecule has 3 aliphatic heterocycles. The van der Waals surface area contributed by atoms with E-state index in [4.69, 9.17) is 37.6 Å². The Kier molecular flexibility index (Phi) is 14.2. The Balaban J connectivity index is 1.19. The summed E-state index contributed by atoms with van der Waals surface area (Å²) in [7, 11) is 0. The number of esters is 1. The highest BCUT2D eigenvalue weighted by atomic mass is 16.8. The topological polar surface area (TPSA) is 375 Å². The van der Waals surface area contributed by atoms with Crippen molar-refractivity contribution >= 4 is 23.0 Å². The third-order valence-corrected chi connectivity index (χ3v) is 10.9. The number of aliphatic hydroxyl groups is 9. The van der Waals surface area contributed by atoms with Crippen LogP contribution < -0.4 is 14.9 Å². The highest BCUT2D eigenvalue weighted by molar-refractivity contribution is 5.89. The lowest BCUT2D eigenvalue weighted by Crippen LogP contribution is -2.64. The minimum absolute atomic E-state index is 0.000991. The van der Waals surface area contributed by atoms with E-state index in [0.717, 1.165) is 30.3 Å². The first kappa shape index (κ1) is 47.3. The van der Waals surface area contributed by atoms with Crippen LogP contribution in [0, 0.1) is 0 Å². The van der Waals surface area contributed by atoms with Gasteiger partial charge in [-0.05, 0) is 48.9 Å². The molecule has 352 valence electrons. The third kappa shape index (κ3) is 9.83. The molecular weight excluding hydrogens is 872 g/mol. The lowest BCUT2D eigenvalue weighted by Gasteiger charge is -2.45. The normalized spacial score (nSPS) is 32.9. The number of carbonyl (C=O) groups excluding carboxylic acids is 1. The van der Waals surface area contributed by atoms with Crippen LogP contribution in [0.4, 0.5) is 0 Å². The molecule has 3 saturated heterocycles. The second kappa shape index (κ2) is 19.4. The summed E-state index contributed by atoms with van der Waals surface area (Å²) < 4.78 is 45.6. The van der Waals surface area contributed by atoms with Gasteiger partial charge < -0.3 is 104 Å². The smallest absolute Gasteiger partial charge is 0.330 e. The van der Waals surface area contributed by atoms with Crippen molar-refractivity contribution in [2.45, 2.75) is 99.0 Å². The first-order valence-electron chi connectivity index (χ1n) is 19.9. The fraction of sp³-hybridized carbons (Fsp3) is 0.429. The molecule has 0 spiro atoms. The average Bonchev–Trinajstić information content (AvgIpc) is 3.28. The summed E-state index contributed by atoms with van der Waals surface area (Å²) in [6.07, 6.45) is -24.4. The fourth-order valence-electron chi connectivity index (χ4n) is 7.23. The maximum absolute atomic E-state index is 14.4. The van der Waals surface area contributed by atoms with Crippen LogP contribution in [0.1, 0.15) is 12.5 Å². The van der Waals surface area contributed by atoms with Gasteiger partial charge in [0, 0.05) is 23.8 Å². The lowest BCUT2D eigenvalue weighted by atomic mass is 9.97. The van der Waals surface area contributed by atoms with Crippen LogP contribution in [-0.2, 0) is 28.5 Å². The largest absolute Gasteiger partial charge is 0.508 e. The number of ether oxygens (including phenoxy) is 7. The van der Waals surface area contributed by atoms with E-state index in [0.29, 0.717) is 5.56 Å². The van der Waals surface area contributed by atoms with Gasteiger partial charge in [-0.25, -0.2) is 4.79 Å². The van der Waals surface area contributed by atoms with Gasteiger partial charge in [-0.2, -0.15) is 0 Å². The molecule has 65 heavy (non-hydrogen) atoms. The Bertz CT molecular complexity index is 2400.